The van der Waals surface area contributed by atoms with Gasteiger partial charge in [0.25, 0.3) is 8.05 Å². The molecule has 1 aliphatic heterocycles. The zero-order valence-corrected chi connectivity index (χ0v) is 4.46. The van der Waals surface area contributed by atoms with Gasteiger partial charge in [-0.05, 0) is 0 Å². The van der Waals surface area contributed by atoms with Gasteiger partial charge < -0.3 is 4.28 Å². The van der Waals surface area contributed by atoms with Gasteiger partial charge in [-0.15, -0.1) is 11.8 Å². The predicted molar refractivity (Wildman–Crippen MR) is 38.1 cm³/mol. The lowest BCUT2D eigenvalue weighted by Crippen LogP contribution is -2.21. The van der Waals surface area contributed by atoms with Crippen LogP contribution in [-0.4, -0.2) is 32.8 Å². The van der Waals surface area contributed by atoms with Gasteiger partial charge in [-0.1, -0.05) is 0 Å². The molecule has 1 saturated heterocycles. The Balaban J connectivity index is 2.12. The molecule has 1 heterocycles. The lowest BCUT2D eigenvalue weighted by Gasteiger charge is -2.27. The molecular weight excluding hydrogens is 107 g/mol. The Bertz CT molecular complexity index is 53.7. The maximum atomic E-state index is 3.30. The van der Waals surface area contributed by atoms with Crippen molar-refractivity contribution >= 4 is 19.8 Å². The van der Waals surface area contributed by atoms with Gasteiger partial charge in [0.1, 0.15) is 13.2 Å². The third-order valence-corrected chi connectivity index (χ3v) is 1.65. The lowest BCUT2D eigenvalue weighted by atomic mass is 10.5. The van der Waals surface area contributed by atoms with E-state index >= 15 is 0 Å². The van der Waals surface area contributed by atoms with Crippen LogP contribution in [-0.2, 0) is 4.28 Å². The first-order chi connectivity index (χ1) is 3.39. The smallest absolute Gasteiger partial charge is 0.255 e. The summed E-state index contributed by atoms with van der Waals surface area (Å²) in [5.41, 5.74) is 0. The van der Waals surface area contributed by atoms with E-state index in [2.05, 4.69) is 16.0 Å². The minimum atomic E-state index is 0.460. The van der Waals surface area contributed by atoms with Gasteiger partial charge in [-0.3, -0.25) is 0 Å². The van der Waals surface area contributed by atoms with Gasteiger partial charge in [0, 0.05) is 0 Å². The molecule has 1 rings (SSSR count). The monoisotopic (exact) mass is 118 g/mol. The molecule has 0 aliphatic carbocycles. The van der Waals surface area contributed by atoms with Crippen LogP contribution < -0.4 is 0 Å². The van der Waals surface area contributed by atoms with Crippen LogP contribution in [0.5, 0.6) is 0 Å². The fraction of sp³-hybridized carbons (Fsp3) is 1.00. The van der Waals surface area contributed by atoms with Crippen LogP contribution in [0.3, 0.4) is 0 Å². The van der Waals surface area contributed by atoms with Gasteiger partial charge in [-0.2, -0.15) is 0 Å². The summed E-state index contributed by atoms with van der Waals surface area (Å²) in [5, 5.41) is 0. The average Bonchev–Trinajstić information content (AvgIpc) is 1.69. The van der Waals surface area contributed by atoms with Gasteiger partial charge in [0.05, 0.1) is 11.5 Å². The summed E-state index contributed by atoms with van der Waals surface area (Å²) in [6.07, 6.45) is 0. The third kappa shape index (κ3) is 1.74. The van der Waals surface area contributed by atoms with Gasteiger partial charge in [0.15, 0.2) is 0 Å². The van der Waals surface area contributed by atoms with Crippen LogP contribution in [0.4, 0.5) is 0 Å². The van der Waals surface area contributed by atoms with Crippen molar-refractivity contribution in [2.45, 2.75) is 0 Å². The molecule has 0 aromatic rings. The highest BCUT2D eigenvalue weighted by Crippen LogP contribution is 2.08. The summed E-state index contributed by atoms with van der Waals surface area (Å²) in [4.78, 5) is 0. The average molecular weight is 118 g/mol. The van der Waals surface area contributed by atoms with Crippen LogP contribution >= 0.6 is 11.8 Å². The van der Waals surface area contributed by atoms with Gasteiger partial charge in [-0.25, -0.2) is 0 Å². The minimum absolute atomic E-state index is 0.460. The number of thioether (sulfide) groups is 1. The fourth-order valence-corrected chi connectivity index (χ4v) is 1.12. The SMILES string of the molecule is [BH3-][O+]1CCSCC1. The van der Waals surface area contributed by atoms with Crippen LogP contribution in [0.25, 0.3) is 0 Å². The van der Waals surface area contributed by atoms with Crippen molar-refractivity contribution in [2.24, 2.45) is 0 Å². The quantitative estimate of drug-likeness (QED) is 0.308. The second-order valence-electron chi connectivity index (χ2n) is 1.22. The Morgan fingerprint density at radius 3 is 2.14 bits per heavy atom. The molecule has 1 nitrogen and oxygen atoms in total. The minimum Gasteiger partial charge on any atom is -0.676 e. The Hall–Kier alpha value is 0.375. The molecule has 1 fully saturated rings. The highest BCUT2D eigenvalue weighted by molar-refractivity contribution is 7.99. The van der Waals surface area contributed by atoms with Crippen molar-refractivity contribution in [3.05, 3.63) is 0 Å². The Kier molecular flexibility index (Phi) is 2.07. The topological polar surface area (TPSA) is 2.70 Å². The highest BCUT2D eigenvalue weighted by atomic mass is 32.2. The van der Waals surface area contributed by atoms with E-state index in [-0.39, 0.29) is 0 Å². The fourth-order valence-electron chi connectivity index (χ4n) is 0.440. The Morgan fingerprint density at radius 1 is 1.29 bits per heavy atom. The first-order valence-electron chi connectivity index (χ1n) is 2.15. The third-order valence-electron chi connectivity index (χ3n) is 0.744. The number of rotatable bonds is 0. The second-order valence-corrected chi connectivity index (χ2v) is 2.45. The molecule has 42 valence electrons. The zero-order chi connectivity index (χ0) is 5.11. The van der Waals surface area contributed by atoms with Crippen LogP contribution in [0.2, 0.25) is 0 Å². The summed E-state index contributed by atoms with van der Waals surface area (Å²) in [6, 6.07) is 0. The van der Waals surface area contributed by atoms with Crippen LogP contribution in [0, 0.1) is 0 Å². The van der Waals surface area contributed by atoms with E-state index in [1.807, 2.05) is 0 Å². The number of hydrogen-bond donors (Lipinski definition) is 0. The Labute approximate surface area is 49.6 Å². The van der Waals surface area contributed by atoms with E-state index in [9.17, 15) is 0 Å². The van der Waals surface area contributed by atoms with E-state index in [0.29, 0.717) is 8.05 Å². The predicted octanol–water partition coefficient (Wildman–Crippen LogP) is -0.434. The molecule has 0 bridgehead atoms. The molecule has 3 heteroatoms. The largest absolute Gasteiger partial charge is 0.676 e. The molecule has 0 atom stereocenters. The molecule has 0 aromatic carbocycles. The van der Waals surface area contributed by atoms with Gasteiger partial charge >= 0.3 is 0 Å². The molecule has 0 N–H and O–H groups in total. The van der Waals surface area contributed by atoms with Crippen molar-refractivity contribution < 1.29 is 4.28 Å². The first kappa shape index (κ1) is 5.51. The first-order valence-corrected chi connectivity index (χ1v) is 3.31. The molecule has 1 aliphatic rings. The van der Waals surface area contributed by atoms with E-state index in [0.717, 1.165) is 0 Å². The molecule has 0 radical (unpaired) electrons. The standard InChI is InChI=1S/C4H11BOS/c5-6-1-3-7-4-2-6/h1-4H2,5H3. The van der Waals surface area contributed by atoms with Crippen molar-refractivity contribution in [3.8, 4) is 0 Å². The van der Waals surface area contributed by atoms with E-state index in [4.69, 9.17) is 0 Å². The molecule has 7 heavy (non-hydrogen) atoms. The summed E-state index contributed by atoms with van der Waals surface area (Å²) < 4.78 is 3.30. The molecule has 0 saturated carbocycles. The normalized spacial score (nSPS) is 25.3. The Morgan fingerprint density at radius 2 is 1.86 bits per heavy atom. The molecule has 0 amide bonds. The summed E-state index contributed by atoms with van der Waals surface area (Å²) in [6.45, 7) is 2.62. The molecule has 0 aromatic heterocycles. The van der Waals surface area contributed by atoms with E-state index in [1.165, 1.54) is 24.7 Å². The molecule has 0 unspecified atom stereocenters. The second kappa shape index (κ2) is 2.63. The van der Waals surface area contributed by atoms with Crippen molar-refractivity contribution in [3.63, 3.8) is 0 Å². The summed E-state index contributed by atoms with van der Waals surface area (Å²) in [7, 11) is 0.460. The highest BCUT2D eigenvalue weighted by Gasteiger charge is 2.02. The van der Waals surface area contributed by atoms with Crippen LogP contribution in [0.1, 0.15) is 0 Å². The maximum Gasteiger partial charge on any atom is 0.255 e. The van der Waals surface area contributed by atoms with Crippen molar-refractivity contribution in [2.75, 3.05) is 24.7 Å². The molecule has 0 spiro atoms. The zero-order valence-electron chi connectivity index (χ0n) is 3.64. The van der Waals surface area contributed by atoms with Gasteiger partial charge in [0.2, 0.25) is 0 Å². The lowest BCUT2D eigenvalue weighted by molar-refractivity contribution is 0.0421. The van der Waals surface area contributed by atoms with Crippen LogP contribution in [0.15, 0.2) is 0 Å². The maximum absolute atomic E-state index is 3.30. The summed E-state index contributed by atoms with van der Waals surface area (Å²) >= 11 is 2.08. The van der Waals surface area contributed by atoms with Crippen molar-refractivity contribution in [1.82, 2.24) is 0 Å². The molecular formula is C4H11BOS. The van der Waals surface area contributed by atoms with E-state index in [1.54, 1.807) is 0 Å². The van der Waals surface area contributed by atoms with Crippen molar-refractivity contribution in [1.29, 1.82) is 0 Å². The summed E-state index contributed by atoms with van der Waals surface area (Å²) in [5.74, 6) is 2.71. The van der Waals surface area contributed by atoms with E-state index < -0.39 is 0 Å². The number of hydrogen-bond acceptors (Lipinski definition) is 1.